The second kappa shape index (κ2) is 6.51. The Labute approximate surface area is 124 Å². The second-order valence-electron chi connectivity index (χ2n) is 4.24. The maximum atomic E-state index is 12.9. The third-order valence-electron chi connectivity index (χ3n) is 2.80. The van der Waals surface area contributed by atoms with Crippen molar-refractivity contribution in [1.82, 2.24) is 0 Å². The smallest absolute Gasteiger partial charge is 0.310 e. The first kappa shape index (κ1) is 15.2. The first-order valence-corrected chi connectivity index (χ1v) is 6.34. The zero-order valence-corrected chi connectivity index (χ0v) is 11.5. The summed E-state index contributed by atoms with van der Waals surface area (Å²) in [5.74, 6) is -0.455. The monoisotopic (exact) mass is 311 g/mol. The molecule has 2 aromatic rings. The van der Waals surface area contributed by atoms with E-state index < -0.39 is 10.7 Å². The Balaban J connectivity index is 2.24. The Morgan fingerprint density at radius 2 is 2.05 bits per heavy atom. The minimum Gasteiger partial charge on any atom is -0.482 e. The van der Waals surface area contributed by atoms with Crippen LogP contribution < -0.4 is 4.74 Å². The molecule has 5 nitrogen and oxygen atoms in total. The minimum atomic E-state index is -0.581. The van der Waals surface area contributed by atoms with Crippen molar-refractivity contribution in [3.05, 3.63) is 68.5 Å². The Morgan fingerprint density at radius 3 is 2.67 bits per heavy atom. The number of aliphatic hydroxyl groups is 1. The summed E-state index contributed by atoms with van der Waals surface area (Å²) in [4.78, 5) is 10.4. The summed E-state index contributed by atoms with van der Waals surface area (Å²) in [5, 5.41) is 20.2. The average molecular weight is 312 g/mol. The molecule has 1 N–H and O–H groups in total. The van der Waals surface area contributed by atoms with Gasteiger partial charge in [0.2, 0.25) is 0 Å². The van der Waals surface area contributed by atoms with Crippen molar-refractivity contribution in [2.24, 2.45) is 0 Å². The average Bonchev–Trinajstić information content (AvgIpc) is 2.45. The Kier molecular flexibility index (Phi) is 4.72. The van der Waals surface area contributed by atoms with Crippen molar-refractivity contribution in [3.63, 3.8) is 0 Å². The van der Waals surface area contributed by atoms with Crippen molar-refractivity contribution in [3.8, 4) is 5.75 Å². The van der Waals surface area contributed by atoms with Gasteiger partial charge >= 0.3 is 5.69 Å². The molecule has 0 saturated heterocycles. The molecular formula is C14H11ClFNO4. The zero-order chi connectivity index (χ0) is 15.4. The molecule has 0 bridgehead atoms. The number of nitro groups is 1. The fourth-order valence-corrected chi connectivity index (χ4v) is 1.94. The molecule has 2 rings (SSSR count). The second-order valence-corrected chi connectivity index (χ2v) is 4.65. The van der Waals surface area contributed by atoms with Crippen LogP contribution >= 0.6 is 11.6 Å². The normalized spacial score (nSPS) is 10.4. The number of ether oxygens (including phenoxy) is 1. The predicted molar refractivity (Wildman–Crippen MR) is 74.8 cm³/mol. The van der Waals surface area contributed by atoms with Crippen LogP contribution in [0.3, 0.4) is 0 Å². The molecule has 0 unspecified atom stereocenters. The molecule has 110 valence electrons. The van der Waals surface area contributed by atoms with E-state index in [1.165, 1.54) is 30.3 Å². The van der Waals surface area contributed by atoms with Gasteiger partial charge in [-0.3, -0.25) is 10.1 Å². The van der Waals surface area contributed by atoms with Crippen LogP contribution in [-0.4, -0.2) is 10.0 Å². The van der Waals surface area contributed by atoms with Crippen LogP contribution in [0.2, 0.25) is 5.02 Å². The van der Waals surface area contributed by atoms with E-state index in [2.05, 4.69) is 0 Å². The van der Waals surface area contributed by atoms with Gasteiger partial charge in [-0.15, -0.1) is 0 Å². The van der Waals surface area contributed by atoms with Crippen molar-refractivity contribution >= 4 is 17.3 Å². The lowest BCUT2D eigenvalue weighted by atomic mass is 10.2. The highest BCUT2D eigenvalue weighted by molar-refractivity contribution is 6.31. The molecular weight excluding hydrogens is 301 g/mol. The molecule has 0 atom stereocenters. The van der Waals surface area contributed by atoms with E-state index in [-0.39, 0.29) is 29.7 Å². The maximum absolute atomic E-state index is 12.9. The van der Waals surface area contributed by atoms with Gasteiger partial charge in [-0.25, -0.2) is 4.39 Å². The highest BCUT2D eigenvalue weighted by Crippen LogP contribution is 2.29. The first-order valence-electron chi connectivity index (χ1n) is 5.96. The quantitative estimate of drug-likeness (QED) is 0.678. The number of hydrogen-bond donors (Lipinski definition) is 1. The molecule has 0 radical (unpaired) electrons. The predicted octanol–water partition coefficient (Wildman–Crippen LogP) is 3.46. The van der Waals surface area contributed by atoms with Crippen LogP contribution in [0.15, 0.2) is 36.4 Å². The molecule has 0 aliphatic rings. The van der Waals surface area contributed by atoms with Gasteiger partial charge in [0, 0.05) is 11.6 Å². The molecule has 0 amide bonds. The van der Waals surface area contributed by atoms with Crippen LogP contribution in [0.5, 0.6) is 5.75 Å². The number of nitro benzene ring substituents is 1. The number of hydrogen-bond acceptors (Lipinski definition) is 4. The zero-order valence-electron chi connectivity index (χ0n) is 10.8. The molecule has 0 heterocycles. The van der Waals surface area contributed by atoms with E-state index in [1.54, 1.807) is 0 Å². The van der Waals surface area contributed by atoms with E-state index in [1.807, 2.05) is 0 Å². The van der Waals surface area contributed by atoms with Crippen molar-refractivity contribution in [1.29, 1.82) is 0 Å². The summed E-state index contributed by atoms with van der Waals surface area (Å²) in [6, 6.07) is 7.89. The Hall–Kier alpha value is -2.18. The lowest BCUT2D eigenvalue weighted by molar-refractivity contribution is -0.386. The maximum Gasteiger partial charge on any atom is 0.310 e. The number of halogens is 2. The molecule has 21 heavy (non-hydrogen) atoms. The molecule has 0 fully saturated rings. The van der Waals surface area contributed by atoms with Gasteiger partial charge in [-0.2, -0.15) is 0 Å². The topological polar surface area (TPSA) is 72.6 Å². The number of nitrogens with zero attached hydrogens (tertiary/aromatic N) is 1. The molecule has 0 spiro atoms. The van der Waals surface area contributed by atoms with Crippen LogP contribution in [0, 0.1) is 15.9 Å². The molecule has 0 aliphatic carbocycles. The molecule has 0 aromatic heterocycles. The van der Waals surface area contributed by atoms with Gasteiger partial charge in [-0.05, 0) is 29.8 Å². The fraction of sp³-hybridized carbons (Fsp3) is 0.143. The van der Waals surface area contributed by atoms with Gasteiger partial charge in [0.05, 0.1) is 16.6 Å². The van der Waals surface area contributed by atoms with Crippen LogP contribution in [0.25, 0.3) is 0 Å². The van der Waals surface area contributed by atoms with E-state index in [0.717, 1.165) is 6.07 Å². The summed E-state index contributed by atoms with van der Waals surface area (Å²) in [6.45, 7) is -0.305. The lowest BCUT2D eigenvalue weighted by Gasteiger charge is -2.09. The van der Waals surface area contributed by atoms with Crippen LogP contribution in [-0.2, 0) is 13.2 Å². The number of aliphatic hydroxyl groups excluding tert-OH is 1. The first-order chi connectivity index (χ1) is 10.0. The van der Waals surface area contributed by atoms with Gasteiger partial charge in [0.1, 0.15) is 12.4 Å². The van der Waals surface area contributed by atoms with Crippen molar-refractivity contribution in [2.75, 3.05) is 0 Å². The molecule has 2 aromatic carbocycles. The van der Waals surface area contributed by atoms with E-state index in [9.17, 15) is 14.5 Å². The molecule has 7 heteroatoms. The summed E-state index contributed by atoms with van der Waals surface area (Å²) in [5.41, 5.74) is 0.771. The van der Waals surface area contributed by atoms with Gasteiger partial charge in [-0.1, -0.05) is 17.7 Å². The summed E-state index contributed by atoms with van der Waals surface area (Å²) >= 11 is 5.86. The highest BCUT2D eigenvalue weighted by Gasteiger charge is 2.16. The summed E-state index contributed by atoms with van der Waals surface area (Å²) < 4.78 is 18.3. The number of rotatable bonds is 5. The van der Waals surface area contributed by atoms with E-state index in [4.69, 9.17) is 21.4 Å². The molecule has 0 saturated carbocycles. The van der Waals surface area contributed by atoms with Gasteiger partial charge in [0.15, 0.2) is 5.75 Å². The SMILES string of the molecule is O=[N+]([O-])c1ccc(CO)cc1OCc1ccc(F)cc1Cl. The summed E-state index contributed by atoms with van der Waals surface area (Å²) in [6.07, 6.45) is 0. The minimum absolute atomic E-state index is 0.0203. The summed E-state index contributed by atoms with van der Waals surface area (Å²) in [7, 11) is 0. The molecule has 0 aliphatic heterocycles. The van der Waals surface area contributed by atoms with E-state index in [0.29, 0.717) is 11.1 Å². The lowest BCUT2D eigenvalue weighted by Crippen LogP contribution is -2.01. The fourth-order valence-electron chi connectivity index (χ4n) is 1.72. The van der Waals surface area contributed by atoms with E-state index >= 15 is 0 Å². The third-order valence-corrected chi connectivity index (χ3v) is 3.15. The van der Waals surface area contributed by atoms with Gasteiger partial charge in [0.25, 0.3) is 0 Å². The van der Waals surface area contributed by atoms with Crippen molar-refractivity contribution < 1.29 is 19.2 Å². The van der Waals surface area contributed by atoms with Crippen molar-refractivity contribution in [2.45, 2.75) is 13.2 Å². The van der Waals surface area contributed by atoms with Crippen LogP contribution in [0.4, 0.5) is 10.1 Å². The highest BCUT2D eigenvalue weighted by atomic mass is 35.5. The van der Waals surface area contributed by atoms with Gasteiger partial charge < -0.3 is 9.84 Å². The third kappa shape index (κ3) is 3.68. The Bertz CT molecular complexity index is 678. The van der Waals surface area contributed by atoms with Crippen LogP contribution in [0.1, 0.15) is 11.1 Å². The number of benzene rings is 2. The Morgan fingerprint density at radius 1 is 1.29 bits per heavy atom. The standard InChI is InChI=1S/C14H11ClFNO4/c15-12-6-11(16)3-2-10(12)8-21-14-5-9(7-18)1-4-13(14)17(19)20/h1-6,18H,7-8H2. The largest absolute Gasteiger partial charge is 0.482 e.